The Balaban J connectivity index is 2.79. The molecule has 1 heterocycles. The first-order valence-electron chi connectivity index (χ1n) is 3.43. The van der Waals surface area contributed by atoms with Crippen molar-refractivity contribution in [3.63, 3.8) is 0 Å². The minimum absolute atomic E-state index is 0.0967. The standard InChI is InChI=1S/C7H10N2O2S/c1-7(8,4-5(10)11)6-9-2-3-12-6/h2-3H,4,8H2,1H3,(H,10,11). The summed E-state index contributed by atoms with van der Waals surface area (Å²) in [5.74, 6) is -0.907. The van der Waals surface area contributed by atoms with Gasteiger partial charge in [0.2, 0.25) is 0 Å². The number of hydrogen-bond donors (Lipinski definition) is 2. The van der Waals surface area contributed by atoms with Crippen LogP contribution in [-0.4, -0.2) is 16.1 Å². The van der Waals surface area contributed by atoms with Gasteiger partial charge in [-0.15, -0.1) is 11.3 Å². The van der Waals surface area contributed by atoms with Gasteiger partial charge in [-0.25, -0.2) is 4.98 Å². The summed E-state index contributed by atoms with van der Waals surface area (Å²) in [4.78, 5) is 14.4. The van der Waals surface area contributed by atoms with Crippen LogP contribution in [0.3, 0.4) is 0 Å². The summed E-state index contributed by atoms with van der Waals surface area (Å²) >= 11 is 1.37. The van der Waals surface area contributed by atoms with Crippen LogP contribution in [0.25, 0.3) is 0 Å². The van der Waals surface area contributed by atoms with Crippen molar-refractivity contribution >= 4 is 17.3 Å². The lowest BCUT2D eigenvalue weighted by molar-refractivity contribution is -0.138. The Kier molecular flexibility index (Phi) is 2.44. The highest BCUT2D eigenvalue weighted by Gasteiger charge is 2.26. The zero-order valence-electron chi connectivity index (χ0n) is 6.65. The Bertz CT molecular complexity index is 269. The number of carboxylic acid groups (broad SMARTS) is 1. The van der Waals surface area contributed by atoms with Crippen LogP contribution in [0.1, 0.15) is 18.4 Å². The van der Waals surface area contributed by atoms with Gasteiger partial charge in [-0.1, -0.05) is 0 Å². The molecule has 66 valence electrons. The molecule has 0 saturated heterocycles. The number of aliphatic carboxylic acids is 1. The highest BCUT2D eigenvalue weighted by Crippen LogP contribution is 2.23. The second-order valence-electron chi connectivity index (χ2n) is 2.83. The molecule has 1 aromatic heterocycles. The molecule has 0 radical (unpaired) electrons. The molecular weight excluding hydrogens is 176 g/mol. The van der Waals surface area contributed by atoms with Gasteiger partial charge < -0.3 is 10.8 Å². The number of thiazole rings is 1. The Hall–Kier alpha value is -0.940. The molecule has 5 heteroatoms. The molecule has 3 N–H and O–H groups in total. The first-order valence-corrected chi connectivity index (χ1v) is 4.31. The number of carbonyl (C=O) groups is 1. The summed E-state index contributed by atoms with van der Waals surface area (Å²) in [5, 5.41) is 11.0. The summed E-state index contributed by atoms with van der Waals surface area (Å²) < 4.78 is 0. The van der Waals surface area contributed by atoms with E-state index in [-0.39, 0.29) is 6.42 Å². The lowest BCUT2D eigenvalue weighted by Crippen LogP contribution is -2.35. The van der Waals surface area contributed by atoms with Crippen LogP contribution in [0.4, 0.5) is 0 Å². The molecule has 0 aliphatic heterocycles. The number of carboxylic acids is 1. The zero-order chi connectivity index (χ0) is 9.19. The second kappa shape index (κ2) is 3.20. The largest absolute Gasteiger partial charge is 0.481 e. The van der Waals surface area contributed by atoms with Crippen molar-refractivity contribution in [1.82, 2.24) is 4.98 Å². The molecule has 1 atom stereocenters. The number of rotatable bonds is 3. The van der Waals surface area contributed by atoms with E-state index in [0.717, 1.165) is 0 Å². The van der Waals surface area contributed by atoms with Crippen LogP contribution < -0.4 is 5.73 Å². The van der Waals surface area contributed by atoms with Gasteiger partial charge in [0, 0.05) is 11.6 Å². The topological polar surface area (TPSA) is 76.2 Å². The van der Waals surface area contributed by atoms with Gasteiger partial charge in [-0.2, -0.15) is 0 Å². The Morgan fingerprint density at radius 2 is 2.58 bits per heavy atom. The lowest BCUT2D eigenvalue weighted by atomic mass is 10.0. The van der Waals surface area contributed by atoms with Crippen LogP contribution >= 0.6 is 11.3 Å². The van der Waals surface area contributed by atoms with Crippen LogP contribution in [0.15, 0.2) is 11.6 Å². The molecular formula is C7H10N2O2S. The first kappa shape index (κ1) is 9.15. The van der Waals surface area contributed by atoms with Crippen molar-refractivity contribution in [2.24, 2.45) is 5.73 Å². The second-order valence-corrected chi connectivity index (χ2v) is 3.72. The van der Waals surface area contributed by atoms with Crippen LogP contribution in [-0.2, 0) is 10.3 Å². The Labute approximate surface area is 74.0 Å². The monoisotopic (exact) mass is 186 g/mol. The highest BCUT2D eigenvalue weighted by molar-refractivity contribution is 7.09. The Morgan fingerprint density at radius 1 is 1.92 bits per heavy atom. The quantitative estimate of drug-likeness (QED) is 0.731. The molecule has 0 spiro atoms. The summed E-state index contributed by atoms with van der Waals surface area (Å²) in [5.41, 5.74) is 4.90. The summed E-state index contributed by atoms with van der Waals surface area (Å²) in [7, 11) is 0. The van der Waals surface area contributed by atoms with Crippen molar-refractivity contribution in [3.8, 4) is 0 Å². The van der Waals surface area contributed by atoms with Crippen molar-refractivity contribution < 1.29 is 9.90 Å². The van der Waals surface area contributed by atoms with Crippen molar-refractivity contribution in [3.05, 3.63) is 16.6 Å². The van der Waals surface area contributed by atoms with Crippen molar-refractivity contribution in [2.75, 3.05) is 0 Å². The molecule has 0 bridgehead atoms. The van der Waals surface area contributed by atoms with E-state index in [4.69, 9.17) is 10.8 Å². The highest BCUT2D eigenvalue weighted by atomic mass is 32.1. The average Bonchev–Trinajstić information content (AvgIpc) is 2.32. The first-order chi connectivity index (χ1) is 5.52. The third kappa shape index (κ3) is 2.02. The van der Waals surface area contributed by atoms with E-state index in [1.165, 1.54) is 11.3 Å². The molecule has 0 saturated carbocycles. The summed E-state index contributed by atoms with van der Waals surface area (Å²) in [6.07, 6.45) is 1.52. The Morgan fingerprint density at radius 3 is 3.00 bits per heavy atom. The van der Waals surface area contributed by atoms with E-state index in [9.17, 15) is 4.79 Å². The van der Waals surface area contributed by atoms with E-state index < -0.39 is 11.5 Å². The zero-order valence-corrected chi connectivity index (χ0v) is 7.47. The maximum absolute atomic E-state index is 10.4. The summed E-state index contributed by atoms with van der Waals surface area (Å²) in [6.45, 7) is 1.67. The molecule has 0 aliphatic carbocycles. The third-order valence-corrected chi connectivity index (χ3v) is 2.49. The van der Waals surface area contributed by atoms with Gasteiger partial charge in [0.25, 0.3) is 0 Å². The van der Waals surface area contributed by atoms with E-state index in [1.807, 2.05) is 0 Å². The fraction of sp³-hybridized carbons (Fsp3) is 0.429. The smallest absolute Gasteiger partial charge is 0.305 e. The lowest BCUT2D eigenvalue weighted by Gasteiger charge is -2.18. The van der Waals surface area contributed by atoms with Crippen LogP contribution in [0, 0.1) is 0 Å². The molecule has 12 heavy (non-hydrogen) atoms. The number of nitrogens with zero attached hydrogens (tertiary/aromatic N) is 1. The number of aromatic nitrogens is 1. The van der Waals surface area contributed by atoms with Gasteiger partial charge in [-0.05, 0) is 6.92 Å². The van der Waals surface area contributed by atoms with Crippen molar-refractivity contribution in [2.45, 2.75) is 18.9 Å². The molecule has 0 aromatic carbocycles. The molecule has 1 aromatic rings. The third-order valence-electron chi connectivity index (χ3n) is 1.44. The van der Waals surface area contributed by atoms with Crippen LogP contribution in [0.5, 0.6) is 0 Å². The minimum atomic E-state index is -0.907. The van der Waals surface area contributed by atoms with E-state index in [0.29, 0.717) is 5.01 Å². The maximum Gasteiger partial charge on any atom is 0.305 e. The van der Waals surface area contributed by atoms with Gasteiger partial charge in [0.15, 0.2) is 0 Å². The van der Waals surface area contributed by atoms with Crippen molar-refractivity contribution in [1.29, 1.82) is 0 Å². The fourth-order valence-corrected chi connectivity index (χ4v) is 1.61. The molecule has 0 amide bonds. The molecule has 4 nitrogen and oxygen atoms in total. The average molecular weight is 186 g/mol. The van der Waals surface area contributed by atoms with E-state index in [1.54, 1.807) is 18.5 Å². The number of hydrogen-bond acceptors (Lipinski definition) is 4. The maximum atomic E-state index is 10.4. The summed E-state index contributed by atoms with van der Waals surface area (Å²) in [6, 6.07) is 0. The molecule has 0 aliphatic rings. The van der Waals surface area contributed by atoms with E-state index in [2.05, 4.69) is 4.98 Å². The number of nitrogens with two attached hydrogens (primary N) is 1. The fourth-order valence-electron chi connectivity index (χ4n) is 0.895. The molecule has 1 rings (SSSR count). The SMILES string of the molecule is CC(N)(CC(=O)O)c1nccs1. The van der Waals surface area contributed by atoms with Crippen LogP contribution in [0.2, 0.25) is 0 Å². The normalized spacial score (nSPS) is 15.5. The van der Waals surface area contributed by atoms with Gasteiger partial charge >= 0.3 is 5.97 Å². The van der Waals surface area contributed by atoms with Gasteiger partial charge in [0.1, 0.15) is 5.01 Å². The van der Waals surface area contributed by atoms with Gasteiger partial charge in [0.05, 0.1) is 12.0 Å². The van der Waals surface area contributed by atoms with E-state index >= 15 is 0 Å². The molecule has 0 fully saturated rings. The minimum Gasteiger partial charge on any atom is -0.481 e. The molecule has 1 unspecified atom stereocenters. The van der Waals surface area contributed by atoms with Gasteiger partial charge in [-0.3, -0.25) is 4.79 Å². The predicted octanol–water partition coefficient (Wildman–Crippen LogP) is 0.792. The predicted molar refractivity (Wildman–Crippen MR) is 45.9 cm³/mol.